The Morgan fingerprint density at radius 1 is 1.22 bits per heavy atom. The van der Waals surface area contributed by atoms with Gasteiger partial charge in [0.1, 0.15) is 0 Å². The zero-order valence-electron chi connectivity index (χ0n) is 11.4. The van der Waals surface area contributed by atoms with E-state index in [1.165, 1.54) is 41.3 Å². The van der Waals surface area contributed by atoms with Gasteiger partial charge in [0.25, 0.3) is 0 Å². The van der Waals surface area contributed by atoms with E-state index in [1.54, 1.807) is 4.88 Å². The van der Waals surface area contributed by atoms with Crippen LogP contribution in [0.2, 0.25) is 5.02 Å². The molecule has 0 amide bonds. The molecule has 1 heterocycles. The van der Waals surface area contributed by atoms with Gasteiger partial charge in [0.15, 0.2) is 0 Å². The van der Waals surface area contributed by atoms with Crippen LogP contribution in [-0.4, -0.2) is 0 Å². The Balaban J connectivity index is 2.44. The molecule has 18 heavy (non-hydrogen) atoms. The first-order chi connectivity index (χ1) is 8.65. The number of benzene rings is 1. The van der Waals surface area contributed by atoms with Gasteiger partial charge >= 0.3 is 0 Å². The summed E-state index contributed by atoms with van der Waals surface area (Å²) in [5, 5.41) is 2.27. The van der Waals surface area contributed by atoms with Crippen molar-refractivity contribution in [1.29, 1.82) is 0 Å². The third kappa shape index (κ3) is 2.73. The van der Waals surface area contributed by atoms with Crippen molar-refractivity contribution in [2.24, 2.45) is 0 Å². The minimum atomic E-state index is 0.578. The number of halogens is 1. The van der Waals surface area contributed by atoms with Crippen LogP contribution in [0.3, 0.4) is 0 Å². The van der Waals surface area contributed by atoms with Gasteiger partial charge < -0.3 is 0 Å². The zero-order valence-corrected chi connectivity index (χ0v) is 13.0. The van der Waals surface area contributed by atoms with Gasteiger partial charge in [-0.1, -0.05) is 57.3 Å². The molecular formula is C16H21ClS. The molecule has 98 valence electrons. The highest BCUT2D eigenvalue weighted by Gasteiger charge is 2.16. The maximum Gasteiger partial charge on any atom is 0.0584 e. The highest BCUT2D eigenvalue weighted by Crippen LogP contribution is 2.40. The minimum Gasteiger partial charge on any atom is -0.138 e. The molecule has 0 fully saturated rings. The lowest BCUT2D eigenvalue weighted by atomic mass is 9.97. The summed E-state index contributed by atoms with van der Waals surface area (Å²) in [6.45, 7) is 6.82. The molecule has 0 N–H and O–H groups in total. The second-order valence-electron chi connectivity index (χ2n) is 5.17. The van der Waals surface area contributed by atoms with Crippen LogP contribution in [0.5, 0.6) is 0 Å². The van der Waals surface area contributed by atoms with E-state index >= 15 is 0 Å². The van der Waals surface area contributed by atoms with Gasteiger partial charge in [-0.05, 0) is 35.8 Å². The second-order valence-corrected chi connectivity index (χ2v) is 6.68. The maximum atomic E-state index is 6.32. The summed E-state index contributed by atoms with van der Waals surface area (Å²) in [4.78, 5) is 1.54. The van der Waals surface area contributed by atoms with Gasteiger partial charge in [0.2, 0.25) is 0 Å². The van der Waals surface area contributed by atoms with Gasteiger partial charge in [0, 0.05) is 4.88 Å². The fraction of sp³-hybridized carbons (Fsp3) is 0.500. The molecule has 0 saturated carbocycles. The van der Waals surface area contributed by atoms with Gasteiger partial charge in [-0.2, -0.15) is 0 Å². The standard InChI is InChI=1S/C16H21ClS/c1-4-5-6-10-14-15(11(2)3)12-8-7-9-13(17)16(12)18-14/h7-9,11H,4-6,10H2,1-3H3. The average molecular weight is 281 g/mol. The van der Waals surface area contributed by atoms with Crippen LogP contribution in [0.15, 0.2) is 18.2 Å². The van der Waals surface area contributed by atoms with Crippen molar-refractivity contribution < 1.29 is 0 Å². The van der Waals surface area contributed by atoms with E-state index in [9.17, 15) is 0 Å². The van der Waals surface area contributed by atoms with Crippen LogP contribution in [0.4, 0.5) is 0 Å². The van der Waals surface area contributed by atoms with Crippen molar-refractivity contribution in [3.8, 4) is 0 Å². The second kappa shape index (κ2) is 6.08. The zero-order chi connectivity index (χ0) is 13.1. The quantitative estimate of drug-likeness (QED) is 0.555. The number of fused-ring (bicyclic) bond motifs is 1. The van der Waals surface area contributed by atoms with E-state index in [0.717, 1.165) is 5.02 Å². The monoisotopic (exact) mass is 280 g/mol. The number of hydrogen-bond acceptors (Lipinski definition) is 1. The number of aryl methyl sites for hydroxylation is 1. The number of rotatable bonds is 5. The highest BCUT2D eigenvalue weighted by molar-refractivity contribution is 7.20. The minimum absolute atomic E-state index is 0.578. The summed E-state index contributed by atoms with van der Waals surface area (Å²) in [5.74, 6) is 0.578. The lowest BCUT2D eigenvalue weighted by Gasteiger charge is -2.08. The average Bonchev–Trinajstić information content (AvgIpc) is 2.69. The van der Waals surface area contributed by atoms with E-state index in [-0.39, 0.29) is 0 Å². The molecule has 0 nitrogen and oxygen atoms in total. The highest BCUT2D eigenvalue weighted by atomic mass is 35.5. The first kappa shape index (κ1) is 13.9. The fourth-order valence-electron chi connectivity index (χ4n) is 2.51. The Hall–Kier alpha value is -0.530. The first-order valence-corrected chi connectivity index (χ1v) is 8.04. The summed E-state index contributed by atoms with van der Waals surface area (Å²) in [6, 6.07) is 6.29. The molecule has 0 aliphatic rings. The molecule has 0 spiro atoms. The Kier molecular flexibility index (Phi) is 4.69. The van der Waals surface area contributed by atoms with E-state index in [0.29, 0.717) is 5.92 Å². The van der Waals surface area contributed by atoms with Crippen LogP contribution >= 0.6 is 22.9 Å². The molecule has 2 aromatic rings. The molecular weight excluding hydrogens is 260 g/mol. The molecule has 2 heteroatoms. The molecule has 0 aliphatic heterocycles. The SMILES string of the molecule is CCCCCc1sc2c(Cl)cccc2c1C(C)C. The summed E-state index contributed by atoms with van der Waals surface area (Å²) >= 11 is 8.22. The van der Waals surface area contributed by atoms with Gasteiger partial charge in [-0.15, -0.1) is 11.3 Å². The van der Waals surface area contributed by atoms with Crippen molar-refractivity contribution >= 4 is 33.0 Å². The lowest BCUT2D eigenvalue weighted by Crippen LogP contribution is -1.92. The van der Waals surface area contributed by atoms with Gasteiger partial charge in [0.05, 0.1) is 9.72 Å². The van der Waals surface area contributed by atoms with Crippen molar-refractivity contribution in [2.75, 3.05) is 0 Å². The Morgan fingerprint density at radius 2 is 2.00 bits per heavy atom. The maximum absolute atomic E-state index is 6.32. The lowest BCUT2D eigenvalue weighted by molar-refractivity contribution is 0.715. The van der Waals surface area contributed by atoms with E-state index < -0.39 is 0 Å². The molecule has 0 radical (unpaired) electrons. The molecule has 0 atom stereocenters. The smallest absolute Gasteiger partial charge is 0.0584 e. The van der Waals surface area contributed by atoms with Crippen LogP contribution < -0.4 is 0 Å². The Labute approximate surface area is 119 Å². The predicted molar refractivity (Wildman–Crippen MR) is 84.2 cm³/mol. The molecule has 0 unspecified atom stereocenters. The first-order valence-electron chi connectivity index (χ1n) is 6.85. The van der Waals surface area contributed by atoms with Crippen LogP contribution in [0.1, 0.15) is 56.4 Å². The van der Waals surface area contributed by atoms with E-state index in [1.807, 2.05) is 17.4 Å². The summed E-state index contributed by atoms with van der Waals surface area (Å²) in [5.41, 5.74) is 1.52. The summed E-state index contributed by atoms with van der Waals surface area (Å²) in [7, 11) is 0. The number of hydrogen-bond donors (Lipinski definition) is 0. The molecule has 0 aliphatic carbocycles. The van der Waals surface area contributed by atoms with Crippen LogP contribution in [-0.2, 0) is 6.42 Å². The van der Waals surface area contributed by atoms with Crippen molar-refractivity contribution in [3.63, 3.8) is 0 Å². The fourth-order valence-corrected chi connectivity index (χ4v) is 4.20. The molecule has 0 bridgehead atoms. The Bertz CT molecular complexity index is 525. The van der Waals surface area contributed by atoms with Crippen LogP contribution in [0, 0.1) is 0 Å². The van der Waals surface area contributed by atoms with Crippen molar-refractivity contribution in [3.05, 3.63) is 33.7 Å². The van der Waals surface area contributed by atoms with E-state index in [4.69, 9.17) is 11.6 Å². The number of unbranched alkanes of at least 4 members (excludes halogenated alkanes) is 2. The normalized spacial score (nSPS) is 11.6. The third-order valence-electron chi connectivity index (χ3n) is 3.37. The molecule has 1 aromatic carbocycles. The summed E-state index contributed by atoms with van der Waals surface area (Å²) < 4.78 is 1.27. The molecule has 1 aromatic heterocycles. The Morgan fingerprint density at radius 3 is 2.67 bits per heavy atom. The predicted octanol–water partition coefficient (Wildman–Crippen LogP) is 6.41. The topological polar surface area (TPSA) is 0 Å². The third-order valence-corrected chi connectivity index (χ3v) is 5.11. The summed E-state index contributed by atoms with van der Waals surface area (Å²) in [6.07, 6.45) is 5.10. The van der Waals surface area contributed by atoms with Crippen LogP contribution in [0.25, 0.3) is 10.1 Å². The largest absolute Gasteiger partial charge is 0.138 e. The van der Waals surface area contributed by atoms with Gasteiger partial charge in [-0.3, -0.25) is 0 Å². The van der Waals surface area contributed by atoms with Gasteiger partial charge in [-0.25, -0.2) is 0 Å². The van der Waals surface area contributed by atoms with Crippen molar-refractivity contribution in [2.45, 2.75) is 52.4 Å². The van der Waals surface area contributed by atoms with E-state index in [2.05, 4.69) is 32.9 Å². The number of thiophene rings is 1. The molecule has 2 rings (SSSR count). The molecule has 0 saturated heterocycles. The van der Waals surface area contributed by atoms with Crippen molar-refractivity contribution in [1.82, 2.24) is 0 Å².